The molecule has 1 aliphatic rings. The van der Waals surface area contributed by atoms with Crippen LogP contribution in [0.25, 0.3) is 10.7 Å². The van der Waals surface area contributed by atoms with E-state index in [0.29, 0.717) is 18.8 Å². The lowest BCUT2D eigenvalue weighted by Gasteiger charge is -2.14. The van der Waals surface area contributed by atoms with Crippen LogP contribution < -0.4 is 5.32 Å². The standard InChI is InChI=1S/C9H10N4O2S/c14-9(1-2-10-4-9)8-12-7(13-15-8)6-3-11-5-16-6/h3,5,10,14H,1-2,4H2. The molecule has 0 saturated carbocycles. The molecule has 2 aromatic rings. The van der Waals surface area contributed by atoms with Crippen molar-refractivity contribution in [2.24, 2.45) is 0 Å². The van der Waals surface area contributed by atoms with Gasteiger partial charge in [-0.3, -0.25) is 4.98 Å². The lowest BCUT2D eigenvalue weighted by molar-refractivity contribution is 0.0243. The van der Waals surface area contributed by atoms with Crippen LogP contribution in [0.15, 0.2) is 16.2 Å². The summed E-state index contributed by atoms with van der Waals surface area (Å²) >= 11 is 1.44. The van der Waals surface area contributed by atoms with Crippen molar-refractivity contribution in [3.63, 3.8) is 0 Å². The molecule has 2 N–H and O–H groups in total. The Labute approximate surface area is 95.3 Å². The summed E-state index contributed by atoms with van der Waals surface area (Å²) in [5, 5.41) is 17.1. The van der Waals surface area contributed by atoms with E-state index in [1.54, 1.807) is 11.7 Å². The molecule has 6 nitrogen and oxygen atoms in total. The average Bonchev–Trinajstić information content (AvgIpc) is 2.98. The Bertz CT molecular complexity index is 475. The molecule has 1 unspecified atom stereocenters. The van der Waals surface area contributed by atoms with Crippen LogP contribution in [0.3, 0.4) is 0 Å². The van der Waals surface area contributed by atoms with Crippen LogP contribution in [-0.2, 0) is 5.60 Å². The first-order valence-electron chi connectivity index (χ1n) is 4.94. The molecule has 7 heteroatoms. The third-order valence-electron chi connectivity index (χ3n) is 2.61. The maximum Gasteiger partial charge on any atom is 0.260 e. The molecular weight excluding hydrogens is 228 g/mol. The SMILES string of the molecule is OC1(c2nc(-c3cncs3)no2)CCNC1. The van der Waals surface area contributed by atoms with Gasteiger partial charge >= 0.3 is 0 Å². The van der Waals surface area contributed by atoms with Gasteiger partial charge in [-0.05, 0) is 13.0 Å². The van der Waals surface area contributed by atoms with Crippen LogP contribution in [0.2, 0.25) is 0 Å². The van der Waals surface area contributed by atoms with E-state index >= 15 is 0 Å². The van der Waals surface area contributed by atoms with E-state index in [1.807, 2.05) is 0 Å². The summed E-state index contributed by atoms with van der Waals surface area (Å²) in [4.78, 5) is 8.99. The van der Waals surface area contributed by atoms with Crippen LogP contribution in [0, 0.1) is 0 Å². The van der Waals surface area contributed by atoms with Crippen molar-refractivity contribution >= 4 is 11.3 Å². The molecule has 3 rings (SSSR count). The lowest BCUT2D eigenvalue weighted by atomic mass is 10.0. The predicted octanol–water partition coefficient (Wildman–Crippen LogP) is 0.374. The fourth-order valence-corrected chi connectivity index (χ4v) is 2.25. The van der Waals surface area contributed by atoms with E-state index in [0.717, 1.165) is 11.4 Å². The number of nitrogens with one attached hydrogen (secondary N) is 1. The predicted molar refractivity (Wildman–Crippen MR) is 56.8 cm³/mol. The first-order chi connectivity index (χ1) is 7.78. The number of thiazole rings is 1. The van der Waals surface area contributed by atoms with Crippen LogP contribution in [-0.4, -0.2) is 33.3 Å². The van der Waals surface area contributed by atoms with Gasteiger partial charge in [-0.25, -0.2) is 0 Å². The van der Waals surface area contributed by atoms with Gasteiger partial charge in [0.15, 0.2) is 5.60 Å². The molecule has 2 aromatic heterocycles. The Morgan fingerprint density at radius 1 is 1.56 bits per heavy atom. The first-order valence-corrected chi connectivity index (χ1v) is 5.82. The first kappa shape index (κ1) is 9.88. The maximum absolute atomic E-state index is 10.2. The van der Waals surface area contributed by atoms with Gasteiger partial charge in [0.1, 0.15) is 0 Å². The van der Waals surface area contributed by atoms with Crippen LogP contribution in [0.1, 0.15) is 12.3 Å². The highest BCUT2D eigenvalue weighted by atomic mass is 32.1. The van der Waals surface area contributed by atoms with E-state index in [1.165, 1.54) is 11.3 Å². The molecule has 0 radical (unpaired) electrons. The quantitative estimate of drug-likeness (QED) is 0.786. The molecule has 0 aromatic carbocycles. The van der Waals surface area contributed by atoms with Crippen molar-refractivity contribution in [3.05, 3.63) is 17.6 Å². The fraction of sp³-hybridized carbons (Fsp3) is 0.444. The number of aromatic nitrogens is 3. The van der Waals surface area contributed by atoms with Crippen molar-refractivity contribution in [2.45, 2.75) is 12.0 Å². The van der Waals surface area contributed by atoms with Crippen molar-refractivity contribution in [1.29, 1.82) is 0 Å². The minimum Gasteiger partial charge on any atom is -0.379 e. The molecule has 1 saturated heterocycles. The van der Waals surface area contributed by atoms with Crippen molar-refractivity contribution < 1.29 is 9.63 Å². The Morgan fingerprint density at radius 2 is 2.50 bits per heavy atom. The monoisotopic (exact) mass is 238 g/mol. The maximum atomic E-state index is 10.2. The molecule has 0 spiro atoms. The number of rotatable bonds is 2. The van der Waals surface area contributed by atoms with Gasteiger partial charge in [0.25, 0.3) is 5.89 Å². The molecule has 1 atom stereocenters. The van der Waals surface area contributed by atoms with E-state index < -0.39 is 5.60 Å². The summed E-state index contributed by atoms with van der Waals surface area (Å²) in [5.41, 5.74) is 0.688. The van der Waals surface area contributed by atoms with Crippen LogP contribution >= 0.6 is 11.3 Å². The lowest BCUT2D eigenvalue weighted by Crippen LogP contribution is -2.28. The Balaban J connectivity index is 1.93. The molecule has 1 fully saturated rings. The van der Waals surface area contributed by atoms with Crippen molar-refractivity contribution in [1.82, 2.24) is 20.4 Å². The van der Waals surface area contributed by atoms with Gasteiger partial charge in [0.05, 0.1) is 10.4 Å². The van der Waals surface area contributed by atoms with Gasteiger partial charge in [0, 0.05) is 12.7 Å². The molecule has 84 valence electrons. The summed E-state index contributed by atoms with van der Waals surface area (Å²) in [7, 11) is 0. The third kappa shape index (κ3) is 1.53. The average molecular weight is 238 g/mol. The van der Waals surface area contributed by atoms with Gasteiger partial charge < -0.3 is 14.9 Å². The third-order valence-corrected chi connectivity index (χ3v) is 3.38. The molecule has 16 heavy (non-hydrogen) atoms. The molecular formula is C9H10N4O2S. The van der Waals surface area contributed by atoms with Crippen LogP contribution in [0.5, 0.6) is 0 Å². The minimum atomic E-state index is -1.02. The molecule has 0 amide bonds. The summed E-state index contributed by atoms with van der Waals surface area (Å²) in [6.07, 6.45) is 2.27. The second-order valence-electron chi connectivity index (χ2n) is 3.75. The molecule has 0 bridgehead atoms. The highest BCUT2D eigenvalue weighted by Gasteiger charge is 2.38. The highest BCUT2D eigenvalue weighted by Crippen LogP contribution is 2.28. The minimum absolute atomic E-state index is 0.279. The van der Waals surface area contributed by atoms with Gasteiger partial charge in [0.2, 0.25) is 5.82 Å². The smallest absolute Gasteiger partial charge is 0.260 e. The molecule has 0 aliphatic carbocycles. The van der Waals surface area contributed by atoms with Gasteiger partial charge in [-0.15, -0.1) is 11.3 Å². The van der Waals surface area contributed by atoms with Crippen molar-refractivity contribution in [2.75, 3.05) is 13.1 Å². The number of hydrogen-bond donors (Lipinski definition) is 2. The Kier molecular flexibility index (Phi) is 2.23. The normalized spacial score (nSPS) is 25.1. The number of β-amino-alcohol motifs (C(OH)–C–C–N with tert-alkyl or cyclic N) is 1. The topological polar surface area (TPSA) is 84.1 Å². The molecule has 3 heterocycles. The van der Waals surface area contributed by atoms with Crippen LogP contribution in [0.4, 0.5) is 0 Å². The second-order valence-corrected chi connectivity index (χ2v) is 4.63. The van der Waals surface area contributed by atoms with E-state index in [9.17, 15) is 5.11 Å². The highest BCUT2D eigenvalue weighted by molar-refractivity contribution is 7.13. The van der Waals surface area contributed by atoms with Crippen molar-refractivity contribution in [3.8, 4) is 10.7 Å². The number of nitrogens with zero attached hydrogens (tertiary/aromatic N) is 3. The molecule has 1 aliphatic heterocycles. The fourth-order valence-electron chi connectivity index (χ4n) is 1.70. The van der Waals surface area contributed by atoms with Gasteiger partial charge in [-0.2, -0.15) is 4.98 Å². The summed E-state index contributed by atoms with van der Waals surface area (Å²) in [6, 6.07) is 0. The summed E-state index contributed by atoms with van der Waals surface area (Å²) in [6.45, 7) is 1.21. The summed E-state index contributed by atoms with van der Waals surface area (Å²) in [5.74, 6) is 0.763. The Hall–Kier alpha value is -1.31. The van der Waals surface area contributed by atoms with E-state index in [4.69, 9.17) is 4.52 Å². The largest absolute Gasteiger partial charge is 0.379 e. The van der Waals surface area contributed by atoms with E-state index in [2.05, 4.69) is 20.4 Å². The zero-order valence-electron chi connectivity index (χ0n) is 8.38. The zero-order valence-corrected chi connectivity index (χ0v) is 9.20. The van der Waals surface area contributed by atoms with Gasteiger partial charge in [-0.1, -0.05) is 5.16 Å². The number of hydrogen-bond acceptors (Lipinski definition) is 7. The summed E-state index contributed by atoms with van der Waals surface area (Å²) < 4.78 is 5.10. The zero-order chi connectivity index (χ0) is 11.0. The second kappa shape index (κ2) is 3.62. The Morgan fingerprint density at radius 3 is 3.19 bits per heavy atom. The van der Waals surface area contributed by atoms with E-state index in [-0.39, 0.29) is 5.89 Å². The number of aliphatic hydroxyl groups is 1.